The molecule has 8 nitrogen and oxygen atoms in total. The highest BCUT2D eigenvalue weighted by atomic mass is 32.1. The van der Waals surface area contributed by atoms with E-state index in [0.29, 0.717) is 12.3 Å². The van der Waals surface area contributed by atoms with E-state index >= 15 is 0 Å². The summed E-state index contributed by atoms with van der Waals surface area (Å²) in [6.45, 7) is 8.79. The van der Waals surface area contributed by atoms with E-state index in [4.69, 9.17) is 9.73 Å². The van der Waals surface area contributed by atoms with Crippen molar-refractivity contribution >= 4 is 22.6 Å². The van der Waals surface area contributed by atoms with Crippen molar-refractivity contribution in [2.75, 3.05) is 44.7 Å². The molecule has 1 aliphatic heterocycles. The molecule has 0 amide bonds. The molecule has 2 N–H and O–H groups in total. The van der Waals surface area contributed by atoms with Crippen LogP contribution in [0.4, 0.5) is 5.13 Å². The van der Waals surface area contributed by atoms with E-state index in [1.54, 1.807) is 13.2 Å². The number of nitrogens with zero attached hydrogens (tertiary/aromatic N) is 5. The molecule has 3 rings (SSSR count). The molecule has 0 aliphatic carbocycles. The molecule has 2 aromatic rings. The number of methoxy groups -OCH3 is 1. The van der Waals surface area contributed by atoms with Gasteiger partial charge in [-0.3, -0.25) is 0 Å². The Morgan fingerprint density at radius 3 is 2.71 bits per heavy atom. The van der Waals surface area contributed by atoms with Gasteiger partial charge >= 0.3 is 0 Å². The molecule has 1 saturated heterocycles. The smallest absolute Gasteiger partial charge is 0.205 e. The molecule has 0 bridgehead atoms. The Kier molecular flexibility index (Phi) is 6.91. The van der Waals surface area contributed by atoms with Gasteiger partial charge in [0.15, 0.2) is 17.5 Å². The highest BCUT2D eigenvalue weighted by Crippen LogP contribution is 2.29. The number of benzene rings is 1. The fraction of sp³-hybridized carbons (Fsp3) is 0.526. The van der Waals surface area contributed by atoms with Crippen molar-refractivity contribution in [1.29, 1.82) is 0 Å². The maximum absolute atomic E-state index is 10.3. The molecular weight excluding hydrogens is 376 g/mol. The number of guanidine groups is 1. The molecule has 1 aromatic heterocycles. The summed E-state index contributed by atoms with van der Waals surface area (Å²) in [6, 6.07) is 5.47. The SMILES string of the molecule is CCNC(=NCc1cccc(OC)c1O)N1CCN(c2nc(CC)ns2)CC1. The van der Waals surface area contributed by atoms with Crippen LogP contribution in [0.15, 0.2) is 23.2 Å². The lowest BCUT2D eigenvalue weighted by molar-refractivity contribution is 0.368. The van der Waals surface area contributed by atoms with Crippen molar-refractivity contribution in [3.63, 3.8) is 0 Å². The summed E-state index contributed by atoms with van der Waals surface area (Å²) in [5.41, 5.74) is 0.745. The fourth-order valence-electron chi connectivity index (χ4n) is 3.07. The monoisotopic (exact) mass is 404 g/mol. The first-order valence-corrected chi connectivity index (χ1v) is 10.4. The summed E-state index contributed by atoms with van der Waals surface area (Å²) in [5.74, 6) is 2.39. The van der Waals surface area contributed by atoms with Gasteiger partial charge in [-0.1, -0.05) is 19.1 Å². The first kappa shape index (κ1) is 20.2. The van der Waals surface area contributed by atoms with Crippen LogP contribution in [0.1, 0.15) is 25.2 Å². The number of para-hydroxylation sites is 1. The summed E-state index contributed by atoms with van der Waals surface area (Å²) in [7, 11) is 1.55. The van der Waals surface area contributed by atoms with Crippen LogP contribution in [0, 0.1) is 0 Å². The van der Waals surface area contributed by atoms with Gasteiger partial charge in [0.25, 0.3) is 0 Å². The molecule has 152 valence electrons. The molecule has 0 unspecified atom stereocenters. The van der Waals surface area contributed by atoms with Crippen LogP contribution in [0.25, 0.3) is 0 Å². The molecule has 9 heteroatoms. The Labute approximate surface area is 170 Å². The fourth-order valence-corrected chi connectivity index (χ4v) is 3.87. The minimum atomic E-state index is 0.150. The van der Waals surface area contributed by atoms with Crippen LogP contribution in [-0.4, -0.2) is 65.2 Å². The molecule has 0 radical (unpaired) electrons. The number of piperazine rings is 1. The summed E-state index contributed by atoms with van der Waals surface area (Å²) in [6.07, 6.45) is 0.866. The van der Waals surface area contributed by atoms with E-state index in [-0.39, 0.29) is 5.75 Å². The Morgan fingerprint density at radius 2 is 2.07 bits per heavy atom. The molecule has 2 heterocycles. The van der Waals surface area contributed by atoms with Gasteiger partial charge in [0.05, 0.1) is 13.7 Å². The molecule has 1 aliphatic rings. The summed E-state index contributed by atoms with van der Waals surface area (Å²) in [4.78, 5) is 13.9. The third-order valence-corrected chi connectivity index (χ3v) is 5.47. The second-order valence-corrected chi connectivity index (χ2v) is 7.19. The van der Waals surface area contributed by atoms with Crippen LogP contribution in [0.3, 0.4) is 0 Å². The largest absolute Gasteiger partial charge is 0.504 e. The predicted octanol–water partition coefficient (Wildman–Crippen LogP) is 2.10. The molecule has 1 aromatic carbocycles. The quantitative estimate of drug-likeness (QED) is 0.563. The van der Waals surface area contributed by atoms with Crippen molar-refractivity contribution in [2.24, 2.45) is 4.99 Å². The van der Waals surface area contributed by atoms with Crippen molar-refractivity contribution in [1.82, 2.24) is 19.6 Å². The van der Waals surface area contributed by atoms with Gasteiger partial charge in [0, 0.05) is 56.2 Å². The standard InChI is InChI=1S/C19H28N6O2S/c1-4-16-22-19(28-23-16)25-11-9-24(10-12-25)18(20-5-2)21-13-14-7-6-8-15(27-3)17(14)26/h6-8,26H,4-5,9-13H2,1-3H3,(H,20,21). The molecule has 0 spiro atoms. The van der Waals surface area contributed by atoms with Crippen LogP contribution >= 0.6 is 11.5 Å². The molecule has 1 fully saturated rings. The van der Waals surface area contributed by atoms with E-state index in [1.165, 1.54) is 11.5 Å². The van der Waals surface area contributed by atoms with Crippen molar-refractivity contribution in [2.45, 2.75) is 26.8 Å². The number of aryl methyl sites for hydroxylation is 1. The first-order valence-electron chi connectivity index (χ1n) is 9.61. The highest BCUT2D eigenvalue weighted by Gasteiger charge is 2.22. The number of aromatic hydroxyl groups is 1. The number of rotatable bonds is 6. The van der Waals surface area contributed by atoms with Gasteiger partial charge in [-0.05, 0) is 13.0 Å². The van der Waals surface area contributed by atoms with Gasteiger partial charge in [0.1, 0.15) is 5.82 Å². The number of nitrogens with one attached hydrogen (secondary N) is 1. The van der Waals surface area contributed by atoms with Gasteiger partial charge in [-0.15, -0.1) is 0 Å². The molecule has 28 heavy (non-hydrogen) atoms. The summed E-state index contributed by atoms with van der Waals surface area (Å²) in [5, 5.41) is 14.6. The van der Waals surface area contributed by atoms with Crippen molar-refractivity contribution < 1.29 is 9.84 Å². The van der Waals surface area contributed by atoms with E-state index in [1.807, 2.05) is 12.1 Å². The number of hydrogen-bond acceptors (Lipinski definition) is 7. The van der Waals surface area contributed by atoms with Crippen molar-refractivity contribution in [3.05, 3.63) is 29.6 Å². The number of phenolic OH excluding ortho intramolecular Hbond substituents is 1. The van der Waals surface area contributed by atoms with Crippen molar-refractivity contribution in [3.8, 4) is 11.5 Å². The zero-order chi connectivity index (χ0) is 19.9. The van der Waals surface area contributed by atoms with E-state index in [9.17, 15) is 5.11 Å². The number of hydrogen-bond donors (Lipinski definition) is 2. The second-order valence-electron chi connectivity index (χ2n) is 6.46. The topological polar surface area (TPSA) is 86.1 Å². The van der Waals surface area contributed by atoms with Crippen LogP contribution in [-0.2, 0) is 13.0 Å². The third-order valence-electron chi connectivity index (χ3n) is 4.66. The lowest BCUT2D eigenvalue weighted by Crippen LogP contribution is -2.52. The normalized spacial score (nSPS) is 15.0. The lowest BCUT2D eigenvalue weighted by atomic mass is 10.2. The average Bonchev–Trinajstić information content (AvgIpc) is 3.21. The van der Waals surface area contributed by atoms with Crippen LogP contribution in [0.5, 0.6) is 11.5 Å². The van der Waals surface area contributed by atoms with E-state index < -0.39 is 0 Å². The maximum Gasteiger partial charge on any atom is 0.205 e. The van der Waals surface area contributed by atoms with Gasteiger partial charge in [-0.2, -0.15) is 4.37 Å². The summed E-state index contributed by atoms with van der Waals surface area (Å²) >= 11 is 1.47. The number of aliphatic imine (C=N–C) groups is 1. The number of ether oxygens (including phenoxy) is 1. The number of aromatic nitrogens is 2. The minimum absolute atomic E-state index is 0.150. The molecule has 0 atom stereocenters. The molecular formula is C19H28N6O2S. The summed E-state index contributed by atoms with van der Waals surface area (Å²) < 4.78 is 9.56. The molecule has 0 saturated carbocycles. The zero-order valence-corrected chi connectivity index (χ0v) is 17.5. The predicted molar refractivity (Wildman–Crippen MR) is 113 cm³/mol. The Morgan fingerprint density at radius 1 is 1.29 bits per heavy atom. The van der Waals surface area contributed by atoms with Crippen LogP contribution < -0.4 is 15.0 Å². The lowest BCUT2D eigenvalue weighted by Gasteiger charge is -2.36. The third kappa shape index (κ3) is 4.64. The first-order chi connectivity index (χ1) is 13.7. The minimum Gasteiger partial charge on any atom is -0.504 e. The number of phenols is 1. The van der Waals surface area contributed by atoms with Gasteiger partial charge < -0.3 is 25.0 Å². The zero-order valence-electron chi connectivity index (χ0n) is 16.7. The van der Waals surface area contributed by atoms with Crippen LogP contribution in [0.2, 0.25) is 0 Å². The van der Waals surface area contributed by atoms with Gasteiger partial charge in [-0.25, -0.2) is 9.98 Å². The average molecular weight is 405 g/mol. The second kappa shape index (κ2) is 9.59. The van der Waals surface area contributed by atoms with E-state index in [2.05, 4.69) is 38.3 Å². The Bertz CT molecular complexity index is 801. The maximum atomic E-state index is 10.3. The number of anilines is 1. The van der Waals surface area contributed by atoms with E-state index in [0.717, 1.165) is 61.6 Å². The Hall–Kier alpha value is -2.55. The highest BCUT2D eigenvalue weighted by molar-refractivity contribution is 7.09. The Balaban J connectivity index is 1.65. The van der Waals surface area contributed by atoms with Gasteiger partial charge in [0.2, 0.25) is 5.13 Å².